The Morgan fingerprint density at radius 2 is 2.10 bits per heavy atom. The van der Waals surface area contributed by atoms with Gasteiger partial charge in [-0.05, 0) is 53.1 Å². The molecule has 6 heteroatoms. The van der Waals surface area contributed by atoms with Gasteiger partial charge in [0.2, 0.25) is 0 Å². The standard InChI is InChI=1S/C14H13IO5/c1-2-19-7-20-12-4-3-8-5-10(14(17)18)11(16)6-9(8)13(12)15/h3-6,16H,2,7H2,1H3,(H,17,18). The van der Waals surface area contributed by atoms with Gasteiger partial charge in [-0.3, -0.25) is 0 Å². The maximum absolute atomic E-state index is 11.0. The van der Waals surface area contributed by atoms with Crippen molar-refractivity contribution in [2.24, 2.45) is 0 Å². The molecule has 0 unspecified atom stereocenters. The van der Waals surface area contributed by atoms with Crippen LogP contribution in [0.1, 0.15) is 17.3 Å². The van der Waals surface area contributed by atoms with Crippen LogP contribution in [0.2, 0.25) is 0 Å². The zero-order valence-electron chi connectivity index (χ0n) is 10.7. The molecule has 0 atom stereocenters. The number of aromatic carboxylic acids is 1. The average Bonchev–Trinajstić information content (AvgIpc) is 2.41. The minimum absolute atomic E-state index is 0.115. The van der Waals surface area contributed by atoms with E-state index >= 15 is 0 Å². The lowest BCUT2D eigenvalue weighted by Gasteiger charge is -2.11. The lowest BCUT2D eigenvalue weighted by Crippen LogP contribution is -2.03. The van der Waals surface area contributed by atoms with Crippen molar-refractivity contribution >= 4 is 39.3 Å². The summed E-state index contributed by atoms with van der Waals surface area (Å²) in [6, 6.07) is 6.39. The predicted octanol–water partition coefficient (Wildman–Crippen LogP) is 3.22. The van der Waals surface area contributed by atoms with Crippen LogP contribution in [0, 0.1) is 3.57 Å². The van der Waals surface area contributed by atoms with Gasteiger partial charge in [0.1, 0.15) is 17.1 Å². The second-order valence-corrected chi connectivity index (χ2v) is 5.11. The molecular formula is C14H13IO5. The molecule has 0 amide bonds. The smallest absolute Gasteiger partial charge is 0.339 e. The molecule has 0 aromatic heterocycles. The van der Waals surface area contributed by atoms with E-state index in [9.17, 15) is 9.90 Å². The van der Waals surface area contributed by atoms with Crippen LogP contribution < -0.4 is 4.74 Å². The summed E-state index contributed by atoms with van der Waals surface area (Å²) in [6.45, 7) is 2.59. The number of carboxylic acids is 1. The second-order valence-electron chi connectivity index (χ2n) is 4.03. The Bertz CT molecular complexity index is 654. The van der Waals surface area contributed by atoms with Gasteiger partial charge in [0.25, 0.3) is 0 Å². The Morgan fingerprint density at radius 1 is 1.35 bits per heavy atom. The number of hydrogen-bond acceptors (Lipinski definition) is 4. The first-order valence-corrected chi connectivity index (χ1v) is 7.01. The Morgan fingerprint density at radius 3 is 2.75 bits per heavy atom. The van der Waals surface area contributed by atoms with Crippen LogP contribution in [0.5, 0.6) is 11.5 Å². The molecule has 0 aliphatic rings. The molecule has 0 heterocycles. The number of ether oxygens (including phenoxy) is 2. The van der Waals surface area contributed by atoms with Crippen molar-refractivity contribution in [2.75, 3.05) is 13.4 Å². The Labute approximate surface area is 129 Å². The molecule has 0 radical (unpaired) electrons. The van der Waals surface area contributed by atoms with Crippen LogP contribution in [0.4, 0.5) is 0 Å². The SMILES string of the molecule is CCOCOc1ccc2cc(C(=O)O)c(O)cc2c1I. The normalized spacial score (nSPS) is 10.7. The zero-order valence-corrected chi connectivity index (χ0v) is 12.9. The van der Waals surface area contributed by atoms with E-state index in [1.54, 1.807) is 12.1 Å². The van der Waals surface area contributed by atoms with Crippen LogP contribution >= 0.6 is 22.6 Å². The summed E-state index contributed by atoms with van der Waals surface area (Å²) < 4.78 is 11.4. The first kappa shape index (κ1) is 14.9. The Kier molecular flexibility index (Phi) is 4.66. The lowest BCUT2D eigenvalue weighted by molar-refractivity contribution is 0.0220. The summed E-state index contributed by atoms with van der Waals surface area (Å²) in [5, 5.41) is 20.2. The number of rotatable bonds is 5. The summed E-state index contributed by atoms with van der Waals surface area (Å²) in [7, 11) is 0. The number of hydrogen-bond donors (Lipinski definition) is 2. The summed E-state index contributed by atoms with van der Waals surface area (Å²) in [5.41, 5.74) is -0.115. The van der Waals surface area contributed by atoms with E-state index in [1.807, 2.05) is 6.92 Å². The van der Waals surface area contributed by atoms with Crippen molar-refractivity contribution in [2.45, 2.75) is 6.92 Å². The molecule has 0 aliphatic heterocycles. The maximum Gasteiger partial charge on any atom is 0.339 e. The van der Waals surface area contributed by atoms with E-state index in [4.69, 9.17) is 14.6 Å². The van der Waals surface area contributed by atoms with Gasteiger partial charge < -0.3 is 19.7 Å². The number of phenols is 1. The third-order valence-electron chi connectivity index (χ3n) is 2.77. The topological polar surface area (TPSA) is 76.0 Å². The fourth-order valence-electron chi connectivity index (χ4n) is 1.78. The molecule has 0 saturated heterocycles. The number of fused-ring (bicyclic) bond motifs is 1. The van der Waals surface area contributed by atoms with Gasteiger partial charge in [-0.15, -0.1) is 0 Å². The van der Waals surface area contributed by atoms with Gasteiger partial charge in [0, 0.05) is 12.0 Å². The van der Waals surface area contributed by atoms with Gasteiger partial charge in [-0.25, -0.2) is 4.79 Å². The number of benzene rings is 2. The molecule has 2 N–H and O–H groups in total. The van der Waals surface area contributed by atoms with Gasteiger partial charge in [-0.1, -0.05) is 6.07 Å². The van der Waals surface area contributed by atoms with Crippen molar-refractivity contribution in [1.29, 1.82) is 0 Å². The van der Waals surface area contributed by atoms with Gasteiger partial charge in [-0.2, -0.15) is 0 Å². The van der Waals surface area contributed by atoms with E-state index in [-0.39, 0.29) is 18.1 Å². The maximum atomic E-state index is 11.0. The highest BCUT2D eigenvalue weighted by Crippen LogP contribution is 2.33. The predicted molar refractivity (Wildman–Crippen MR) is 82.4 cm³/mol. The highest BCUT2D eigenvalue weighted by Gasteiger charge is 2.14. The van der Waals surface area contributed by atoms with Gasteiger partial charge >= 0.3 is 5.97 Å². The minimum Gasteiger partial charge on any atom is -0.507 e. The number of carbonyl (C=O) groups is 1. The highest BCUT2D eigenvalue weighted by molar-refractivity contribution is 14.1. The van der Waals surface area contributed by atoms with Crippen LogP contribution in [0.3, 0.4) is 0 Å². The van der Waals surface area contributed by atoms with Crippen LogP contribution in [-0.4, -0.2) is 29.6 Å². The molecule has 2 rings (SSSR count). The van der Waals surface area contributed by atoms with Gasteiger partial charge in [0.15, 0.2) is 6.79 Å². The fourth-order valence-corrected chi connectivity index (χ4v) is 2.58. The Balaban J connectivity index is 2.45. The zero-order chi connectivity index (χ0) is 14.7. The van der Waals surface area contributed by atoms with E-state index < -0.39 is 5.97 Å². The van der Waals surface area contributed by atoms with Crippen LogP contribution in [0.25, 0.3) is 10.8 Å². The van der Waals surface area contributed by atoms with E-state index in [0.717, 1.165) is 14.3 Å². The third kappa shape index (κ3) is 2.96. The van der Waals surface area contributed by atoms with Crippen molar-refractivity contribution in [1.82, 2.24) is 0 Å². The van der Waals surface area contributed by atoms with Crippen molar-refractivity contribution in [3.63, 3.8) is 0 Å². The first-order chi connectivity index (χ1) is 9.54. The van der Waals surface area contributed by atoms with Gasteiger partial charge in [0.05, 0.1) is 3.57 Å². The summed E-state index contributed by atoms with van der Waals surface area (Å²) in [4.78, 5) is 11.0. The summed E-state index contributed by atoms with van der Waals surface area (Å²) in [6.07, 6.45) is 0. The van der Waals surface area contributed by atoms with Crippen LogP contribution in [0.15, 0.2) is 24.3 Å². The molecule has 106 valence electrons. The molecule has 20 heavy (non-hydrogen) atoms. The largest absolute Gasteiger partial charge is 0.507 e. The summed E-state index contributed by atoms with van der Waals surface area (Å²) >= 11 is 2.10. The van der Waals surface area contributed by atoms with Crippen LogP contribution in [-0.2, 0) is 4.74 Å². The monoisotopic (exact) mass is 388 g/mol. The third-order valence-corrected chi connectivity index (χ3v) is 3.88. The molecule has 0 bridgehead atoms. The number of carboxylic acid groups (broad SMARTS) is 1. The average molecular weight is 388 g/mol. The minimum atomic E-state index is -1.16. The molecule has 5 nitrogen and oxygen atoms in total. The molecule has 0 saturated carbocycles. The Hall–Kier alpha value is -1.54. The molecule has 2 aromatic carbocycles. The van der Waals surface area contributed by atoms with E-state index in [1.165, 1.54) is 12.1 Å². The molecular weight excluding hydrogens is 375 g/mol. The first-order valence-electron chi connectivity index (χ1n) is 5.93. The highest BCUT2D eigenvalue weighted by atomic mass is 127. The quantitative estimate of drug-likeness (QED) is 0.468. The number of halogens is 1. The number of aromatic hydroxyl groups is 1. The van der Waals surface area contributed by atoms with Crippen molar-refractivity contribution in [3.05, 3.63) is 33.4 Å². The van der Waals surface area contributed by atoms with E-state index in [2.05, 4.69) is 22.6 Å². The summed E-state index contributed by atoms with van der Waals surface area (Å²) in [5.74, 6) is -0.782. The van der Waals surface area contributed by atoms with Crippen molar-refractivity contribution < 1.29 is 24.5 Å². The lowest BCUT2D eigenvalue weighted by atomic mass is 10.1. The molecule has 2 aromatic rings. The second kappa shape index (κ2) is 6.27. The van der Waals surface area contributed by atoms with Crippen molar-refractivity contribution in [3.8, 4) is 11.5 Å². The molecule has 0 fully saturated rings. The fraction of sp³-hybridized carbons (Fsp3) is 0.214. The molecule has 0 aliphatic carbocycles. The van der Waals surface area contributed by atoms with E-state index in [0.29, 0.717) is 12.4 Å². The molecule has 0 spiro atoms.